The van der Waals surface area contributed by atoms with Crippen LogP contribution in [0.4, 0.5) is 11.6 Å². The third-order valence-corrected chi connectivity index (χ3v) is 3.56. The SMILES string of the molecule is CCN(CC)c1ccc(NC(=O)c2cccc(Br)c2)nn1. The van der Waals surface area contributed by atoms with Crippen LogP contribution < -0.4 is 10.2 Å². The molecule has 0 bridgehead atoms. The van der Waals surface area contributed by atoms with Gasteiger partial charge in [-0.2, -0.15) is 0 Å². The smallest absolute Gasteiger partial charge is 0.256 e. The number of amides is 1. The van der Waals surface area contributed by atoms with Crippen LogP contribution in [0.2, 0.25) is 0 Å². The van der Waals surface area contributed by atoms with E-state index in [2.05, 4.69) is 50.2 Å². The predicted molar refractivity (Wildman–Crippen MR) is 87.7 cm³/mol. The van der Waals surface area contributed by atoms with Gasteiger partial charge in [0, 0.05) is 23.1 Å². The van der Waals surface area contributed by atoms with Crippen LogP contribution in [0, 0.1) is 0 Å². The molecule has 1 aromatic carbocycles. The molecule has 1 amide bonds. The molecule has 0 radical (unpaired) electrons. The first-order valence-electron chi connectivity index (χ1n) is 6.79. The van der Waals surface area contributed by atoms with Gasteiger partial charge in [0.15, 0.2) is 11.6 Å². The molecule has 0 fully saturated rings. The Bertz CT molecular complexity index is 611. The minimum absolute atomic E-state index is 0.207. The first-order chi connectivity index (χ1) is 10.1. The highest BCUT2D eigenvalue weighted by Gasteiger charge is 2.09. The summed E-state index contributed by atoms with van der Waals surface area (Å²) in [6.45, 7) is 5.87. The Morgan fingerprint density at radius 1 is 1.19 bits per heavy atom. The number of anilines is 2. The average molecular weight is 349 g/mol. The van der Waals surface area contributed by atoms with E-state index in [0.29, 0.717) is 11.4 Å². The quantitative estimate of drug-likeness (QED) is 0.900. The van der Waals surface area contributed by atoms with Gasteiger partial charge < -0.3 is 10.2 Å². The van der Waals surface area contributed by atoms with E-state index in [9.17, 15) is 4.79 Å². The fraction of sp³-hybridized carbons (Fsp3) is 0.267. The topological polar surface area (TPSA) is 58.1 Å². The van der Waals surface area contributed by atoms with Crippen molar-refractivity contribution in [3.8, 4) is 0 Å². The number of aromatic nitrogens is 2. The molecule has 1 aromatic heterocycles. The van der Waals surface area contributed by atoms with Crippen LogP contribution in [0.3, 0.4) is 0 Å². The molecule has 1 N–H and O–H groups in total. The lowest BCUT2D eigenvalue weighted by atomic mass is 10.2. The maximum absolute atomic E-state index is 12.1. The summed E-state index contributed by atoms with van der Waals surface area (Å²) in [5.74, 6) is 1.04. The molecule has 0 aliphatic carbocycles. The normalized spacial score (nSPS) is 10.2. The van der Waals surface area contributed by atoms with Gasteiger partial charge in [-0.25, -0.2) is 0 Å². The Morgan fingerprint density at radius 2 is 1.95 bits per heavy atom. The van der Waals surface area contributed by atoms with E-state index in [-0.39, 0.29) is 5.91 Å². The number of nitrogens with one attached hydrogen (secondary N) is 1. The van der Waals surface area contributed by atoms with Gasteiger partial charge in [0.05, 0.1) is 0 Å². The molecule has 2 rings (SSSR count). The number of benzene rings is 1. The zero-order valence-corrected chi connectivity index (χ0v) is 13.6. The largest absolute Gasteiger partial charge is 0.356 e. The summed E-state index contributed by atoms with van der Waals surface area (Å²) in [5.41, 5.74) is 0.569. The van der Waals surface area contributed by atoms with E-state index >= 15 is 0 Å². The lowest BCUT2D eigenvalue weighted by molar-refractivity contribution is 0.102. The fourth-order valence-electron chi connectivity index (χ4n) is 1.93. The van der Waals surface area contributed by atoms with E-state index in [1.54, 1.807) is 18.2 Å². The van der Waals surface area contributed by atoms with Crippen LogP contribution in [-0.2, 0) is 0 Å². The van der Waals surface area contributed by atoms with Crippen molar-refractivity contribution >= 4 is 33.5 Å². The monoisotopic (exact) mass is 348 g/mol. The fourth-order valence-corrected chi connectivity index (χ4v) is 2.33. The van der Waals surface area contributed by atoms with Crippen molar-refractivity contribution in [3.63, 3.8) is 0 Å². The summed E-state index contributed by atoms with van der Waals surface area (Å²) >= 11 is 3.34. The van der Waals surface area contributed by atoms with Crippen molar-refractivity contribution in [2.45, 2.75) is 13.8 Å². The Hall–Kier alpha value is -1.95. The summed E-state index contributed by atoms with van der Waals surface area (Å²) in [4.78, 5) is 14.2. The molecular formula is C15H17BrN4O. The molecule has 0 aliphatic heterocycles. The van der Waals surface area contributed by atoms with E-state index in [0.717, 1.165) is 23.4 Å². The summed E-state index contributed by atoms with van der Waals surface area (Å²) in [6.07, 6.45) is 0. The second kappa shape index (κ2) is 7.17. The molecule has 0 spiro atoms. The Labute approximate surface area is 132 Å². The predicted octanol–water partition coefficient (Wildman–Crippen LogP) is 3.34. The third-order valence-electron chi connectivity index (χ3n) is 3.07. The summed E-state index contributed by atoms with van der Waals surface area (Å²) in [7, 11) is 0. The Balaban J connectivity index is 2.08. The number of carbonyl (C=O) groups is 1. The van der Waals surface area contributed by atoms with Gasteiger partial charge in [-0.3, -0.25) is 4.79 Å². The van der Waals surface area contributed by atoms with E-state index in [1.807, 2.05) is 18.2 Å². The second-order valence-corrected chi connectivity index (χ2v) is 5.33. The molecule has 2 aromatic rings. The minimum atomic E-state index is -0.207. The van der Waals surface area contributed by atoms with Gasteiger partial charge in [-0.1, -0.05) is 22.0 Å². The molecular weight excluding hydrogens is 332 g/mol. The number of hydrogen-bond acceptors (Lipinski definition) is 4. The van der Waals surface area contributed by atoms with Crippen molar-refractivity contribution < 1.29 is 4.79 Å². The molecule has 1 heterocycles. The van der Waals surface area contributed by atoms with Crippen molar-refractivity contribution in [2.75, 3.05) is 23.3 Å². The molecule has 0 atom stereocenters. The van der Waals surface area contributed by atoms with Crippen molar-refractivity contribution in [1.29, 1.82) is 0 Å². The van der Waals surface area contributed by atoms with E-state index in [4.69, 9.17) is 0 Å². The van der Waals surface area contributed by atoms with Gasteiger partial charge in [-0.05, 0) is 44.2 Å². The first kappa shape index (κ1) is 15.4. The lowest BCUT2D eigenvalue weighted by Gasteiger charge is -2.18. The van der Waals surface area contributed by atoms with Gasteiger partial charge in [0.1, 0.15) is 0 Å². The summed E-state index contributed by atoms with van der Waals surface area (Å²) in [6, 6.07) is 10.8. The molecule has 6 heteroatoms. The maximum Gasteiger partial charge on any atom is 0.256 e. The zero-order valence-electron chi connectivity index (χ0n) is 12.0. The standard InChI is InChI=1S/C15H17BrN4O/c1-3-20(4-2)14-9-8-13(18-19-14)17-15(21)11-6-5-7-12(16)10-11/h5-10H,3-4H2,1-2H3,(H,17,18,21). The van der Waals surface area contributed by atoms with Gasteiger partial charge in [0.2, 0.25) is 0 Å². The number of carbonyl (C=O) groups excluding carboxylic acids is 1. The first-order valence-corrected chi connectivity index (χ1v) is 7.59. The van der Waals surface area contributed by atoms with E-state index < -0.39 is 0 Å². The number of rotatable bonds is 5. The maximum atomic E-state index is 12.1. The van der Waals surface area contributed by atoms with E-state index in [1.165, 1.54) is 0 Å². The minimum Gasteiger partial charge on any atom is -0.356 e. The summed E-state index contributed by atoms with van der Waals surface area (Å²) < 4.78 is 0.859. The average Bonchev–Trinajstić information content (AvgIpc) is 2.50. The number of hydrogen-bond donors (Lipinski definition) is 1. The molecule has 0 saturated carbocycles. The van der Waals surface area contributed by atoms with Gasteiger partial charge in [-0.15, -0.1) is 10.2 Å². The van der Waals surface area contributed by atoms with Crippen molar-refractivity contribution in [2.24, 2.45) is 0 Å². The highest BCUT2D eigenvalue weighted by Crippen LogP contribution is 2.14. The summed E-state index contributed by atoms with van der Waals surface area (Å²) in [5, 5.41) is 10.9. The van der Waals surface area contributed by atoms with Crippen LogP contribution in [-0.4, -0.2) is 29.2 Å². The van der Waals surface area contributed by atoms with Crippen molar-refractivity contribution in [3.05, 3.63) is 46.4 Å². The number of halogens is 1. The molecule has 0 aliphatic rings. The molecule has 110 valence electrons. The molecule has 0 saturated heterocycles. The second-order valence-electron chi connectivity index (χ2n) is 4.41. The van der Waals surface area contributed by atoms with Crippen LogP contribution in [0.5, 0.6) is 0 Å². The zero-order chi connectivity index (χ0) is 15.2. The van der Waals surface area contributed by atoms with Crippen molar-refractivity contribution in [1.82, 2.24) is 10.2 Å². The highest BCUT2D eigenvalue weighted by molar-refractivity contribution is 9.10. The van der Waals surface area contributed by atoms with Crippen LogP contribution in [0.25, 0.3) is 0 Å². The van der Waals surface area contributed by atoms with Gasteiger partial charge >= 0.3 is 0 Å². The molecule has 0 unspecified atom stereocenters. The van der Waals surface area contributed by atoms with Crippen LogP contribution >= 0.6 is 15.9 Å². The Kier molecular flexibility index (Phi) is 5.27. The van der Waals surface area contributed by atoms with Crippen LogP contribution in [0.15, 0.2) is 40.9 Å². The molecule has 21 heavy (non-hydrogen) atoms. The lowest BCUT2D eigenvalue weighted by Crippen LogP contribution is -2.23. The van der Waals surface area contributed by atoms with Gasteiger partial charge in [0.25, 0.3) is 5.91 Å². The third kappa shape index (κ3) is 4.01. The molecule has 5 nitrogen and oxygen atoms in total. The number of nitrogens with zero attached hydrogens (tertiary/aromatic N) is 3. The van der Waals surface area contributed by atoms with Crippen LogP contribution in [0.1, 0.15) is 24.2 Å². The Morgan fingerprint density at radius 3 is 2.52 bits per heavy atom. The highest BCUT2D eigenvalue weighted by atomic mass is 79.9.